The van der Waals surface area contributed by atoms with Crippen molar-refractivity contribution in [3.05, 3.63) is 22.7 Å². The van der Waals surface area contributed by atoms with Crippen LogP contribution in [0, 0.1) is 11.3 Å². The molecule has 0 saturated heterocycles. The first kappa shape index (κ1) is 18.5. The van der Waals surface area contributed by atoms with E-state index in [0.29, 0.717) is 16.6 Å². The summed E-state index contributed by atoms with van der Waals surface area (Å²) in [5, 5.41) is 2.77. The monoisotopic (exact) mass is 395 g/mol. The lowest BCUT2D eigenvalue weighted by Crippen LogP contribution is -2.24. The van der Waals surface area contributed by atoms with Gasteiger partial charge in [0.05, 0.1) is 10.6 Å². The molecule has 1 aromatic rings. The summed E-state index contributed by atoms with van der Waals surface area (Å²) in [6.07, 6.45) is 0.394. The Morgan fingerprint density at radius 3 is 2.38 bits per heavy atom. The van der Waals surface area contributed by atoms with Gasteiger partial charge in [-0.2, -0.15) is 0 Å². The predicted octanol–water partition coefficient (Wildman–Crippen LogP) is 4.39. The summed E-state index contributed by atoms with van der Waals surface area (Å²) in [6, 6.07) is 4.24. The lowest BCUT2D eigenvalue weighted by Gasteiger charge is -2.26. The molecular formula is C14H19BrClNO3S. The first-order valence-electron chi connectivity index (χ1n) is 6.45. The van der Waals surface area contributed by atoms with Crippen molar-refractivity contribution < 1.29 is 13.2 Å². The topological polar surface area (TPSA) is 63.2 Å². The van der Waals surface area contributed by atoms with Crippen LogP contribution in [0.15, 0.2) is 27.6 Å². The van der Waals surface area contributed by atoms with Crippen molar-refractivity contribution in [2.45, 2.75) is 39.0 Å². The smallest absolute Gasteiger partial charge is 0.261 e. The summed E-state index contributed by atoms with van der Waals surface area (Å²) in [7, 11) is 1.49. The van der Waals surface area contributed by atoms with Crippen LogP contribution in [0.2, 0.25) is 0 Å². The van der Waals surface area contributed by atoms with Crippen molar-refractivity contribution in [1.29, 1.82) is 0 Å². The SMILES string of the molecule is CC(CC(=O)Nc1ccc(S(=O)(=O)Cl)cc1Br)C(C)(C)C. The van der Waals surface area contributed by atoms with Gasteiger partial charge in [-0.15, -0.1) is 0 Å². The Labute approximate surface area is 138 Å². The minimum atomic E-state index is -3.78. The number of anilines is 1. The average molecular weight is 397 g/mol. The Balaban J connectivity index is 2.83. The van der Waals surface area contributed by atoms with Crippen LogP contribution in [0.4, 0.5) is 5.69 Å². The molecule has 1 amide bonds. The third-order valence-electron chi connectivity index (χ3n) is 3.47. The number of carbonyl (C=O) groups is 1. The van der Waals surface area contributed by atoms with Crippen LogP contribution < -0.4 is 5.32 Å². The molecule has 0 bridgehead atoms. The third kappa shape index (κ3) is 5.60. The Hall–Kier alpha value is -0.590. The van der Waals surface area contributed by atoms with Gasteiger partial charge in [-0.25, -0.2) is 8.42 Å². The van der Waals surface area contributed by atoms with Gasteiger partial charge in [0.2, 0.25) is 5.91 Å². The minimum absolute atomic E-state index is 0.0166. The van der Waals surface area contributed by atoms with Crippen LogP contribution in [-0.2, 0) is 13.8 Å². The minimum Gasteiger partial charge on any atom is -0.325 e. The van der Waals surface area contributed by atoms with Crippen molar-refractivity contribution >= 4 is 47.3 Å². The molecule has 0 spiro atoms. The second-order valence-electron chi connectivity index (χ2n) is 6.10. The fourth-order valence-corrected chi connectivity index (χ4v) is 2.94. The molecule has 0 aliphatic rings. The fraction of sp³-hybridized carbons (Fsp3) is 0.500. The van der Waals surface area contributed by atoms with Gasteiger partial charge in [0, 0.05) is 21.6 Å². The third-order valence-corrected chi connectivity index (χ3v) is 5.47. The Morgan fingerprint density at radius 2 is 1.95 bits per heavy atom. The summed E-state index contributed by atoms with van der Waals surface area (Å²) in [4.78, 5) is 12.0. The van der Waals surface area contributed by atoms with Crippen molar-refractivity contribution in [2.75, 3.05) is 5.32 Å². The van der Waals surface area contributed by atoms with E-state index in [9.17, 15) is 13.2 Å². The second kappa shape index (κ2) is 6.67. The van der Waals surface area contributed by atoms with Crippen LogP contribution in [0.3, 0.4) is 0 Å². The molecule has 0 aliphatic carbocycles. The molecule has 0 radical (unpaired) electrons. The van der Waals surface area contributed by atoms with E-state index in [-0.39, 0.29) is 22.1 Å². The molecule has 1 rings (SSSR count). The first-order valence-corrected chi connectivity index (χ1v) is 9.55. The molecule has 0 heterocycles. The summed E-state index contributed by atoms with van der Waals surface area (Å²) >= 11 is 3.24. The maximum absolute atomic E-state index is 12.0. The summed E-state index contributed by atoms with van der Waals surface area (Å²) < 4.78 is 22.9. The van der Waals surface area contributed by atoms with Crippen molar-refractivity contribution in [2.24, 2.45) is 11.3 Å². The van der Waals surface area contributed by atoms with Gasteiger partial charge in [0.15, 0.2) is 0 Å². The zero-order chi connectivity index (χ0) is 16.4. The number of carbonyl (C=O) groups excluding carboxylic acids is 1. The maximum atomic E-state index is 12.0. The molecule has 1 N–H and O–H groups in total. The Morgan fingerprint density at radius 1 is 1.38 bits per heavy atom. The molecule has 0 aliphatic heterocycles. The molecule has 118 valence electrons. The molecule has 21 heavy (non-hydrogen) atoms. The molecule has 1 aromatic carbocycles. The number of benzene rings is 1. The van der Waals surface area contributed by atoms with Crippen LogP contribution >= 0.6 is 26.6 Å². The summed E-state index contributed by atoms with van der Waals surface area (Å²) in [5.41, 5.74) is 0.565. The van der Waals surface area contributed by atoms with Gasteiger partial charge in [-0.3, -0.25) is 4.79 Å². The van der Waals surface area contributed by atoms with Crippen LogP contribution in [0.1, 0.15) is 34.1 Å². The second-order valence-corrected chi connectivity index (χ2v) is 9.52. The molecule has 4 nitrogen and oxygen atoms in total. The van der Waals surface area contributed by atoms with Crippen molar-refractivity contribution in [3.63, 3.8) is 0 Å². The van der Waals surface area contributed by atoms with Gasteiger partial charge >= 0.3 is 0 Å². The quantitative estimate of drug-likeness (QED) is 0.768. The lowest BCUT2D eigenvalue weighted by atomic mass is 9.80. The number of rotatable bonds is 4. The maximum Gasteiger partial charge on any atom is 0.261 e. The molecule has 0 fully saturated rings. The Bertz CT molecular complexity index is 638. The van der Waals surface area contributed by atoms with Crippen molar-refractivity contribution in [1.82, 2.24) is 0 Å². The lowest BCUT2D eigenvalue weighted by molar-refractivity contribution is -0.117. The van der Waals surface area contributed by atoms with Crippen LogP contribution in [0.5, 0.6) is 0 Å². The van der Waals surface area contributed by atoms with Crippen molar-refractivity contribution in [3.8, 4) is 0 Å². The normalized spacial score (nSPS) is 13.8. The van der Waals surface area contributed by atoms with Gasteiger partial charge in [0.1, 0.15) is 0 Å². The number of hydrogen-bond acceptors (Lipinski definition) is 3. The molecule has 1 atom stereocenters. The Kier molecular flexibility index (Phi) is 5.86. The zero-order valence-electron chi connectivity index (χ0n) is 12.4. The molecule has 0 saturated carbocycles. The fourth-order valence-electron chi connectivity index (χ4n) is 1.53. The molecule has 0 aromatic heterocycles. The number of halogens is 2. The van der Waals surface area contributed by atoms with E-state index in [0.717, 1.165) is 0 Å². The van der Waals surface area contributed by atoms with Gasteiger partial charge in [-0.1, -0.05) is 27.7 Å². The largest absolute Gasteiger partial charge is 0.325 e. The highest BCUT2D eigenvalue weighted by molar-refractivity contribution is 9.10. The van der Waals surface area contributed by atoms with E-state index in [1.54, 1.807) is 0 Å². The zero-order valence-corrected chi connectivity index (χ0v) is 15.6. The number of hydrogen-bond donors (Lipinski definition) is 1. The summed E-state index contributed by atoms with van der Waals surface area (Å²) in [5.74, 6) is 0.110. The highest BCUT2D eigenvalue weighted by Crippen LogP contribution is 2.30. The van der Waals surface area contributed by atoms with E-state index in [1.807, 2.05) is 6.92 Å². The van der Waals surface area contributed by atoms with Gasteiger partial charge in [-0.05, 0) is 45.5 Å². The molecule has 1 unspecified atom stereocenters. The van der Waals surface area contributed by atoms with Gasteiger partial charge in [0.25, 0.3) is 9.05 Å². The summed E-state index contributed by atoms with van der Waals surface area (Å²) in [6.45, 7) is 8.28. The van der Waals surface area contributed by atoms with E-state index in [2.05, 4.69) is 42.0 Å². The van der Waals surface area contributed by atoms with E-state index in [1.165, 1.54) is 18.2 Å². The average Bonchev–Trinajstić information content (AvgIpc) is 2.29. The number of amides is 1. The molecule has 7 heteroatoms. The number of nitrogens with one attached hydrogen (secondary N) is 1. The highest BCUT2D eigenvalue weighted by Gasteiger charge is 2.23. The molecular weight excluding hydrogens is 378 g/mol. The van der Waals surface area contributed by atoms with Crippen LogP contribution in [0.25, 0.3) is 0 Å². The van der Waals surface area contributed by atoms with E-state index >= 15 is 0 Å². The standard InChI is InChI=1S/C14H19BrClNO3S/c1-9(14(2,3)4)7-13(18)17-12-6-5-10(8-11(12)15)21(16,19)20/h5-6,8-9H,7H2,1-4H3,(H,17,18). The first-order chi connectivity index (χ1) is 9.41. The van der Waals surface area contributed by atoms with Gasteiger partial charge < -0.3 is 5.32 Å². The van der Waals surface area contributed by atoms with E-state index < -0.39 is 9.05 Å². The highest BCUT2D eigenvalue weighted by atomic mass is 79.9. The predicted molar refractivity (Wildman–Crippen MR) is 89.0 cm³/mol. The van der Waals surface area contributed by atoms with E-state index in [4.69, 9.17) is 10.7 Å². The van der Waals surface area contributed by atoms with Crippen LogP contribution in [-0.4, -0.2) is 14.3 Å².